The van der Waals surface area contributed by atoms with E-state index in [0.717, 1.165) is 68.8 Å². The lowest BCUT2D eigenvalue weighted by Crippen LogP contribution is -2.39. The van der Waals surface area contributed by atoms with Crippen LogP contribution in [-0.2, 0) is 19.4 Å². The van der Waals surface area contributed by atoms with Gasteiger partial charge < -0.3 is 10.6 Å². The second-order valence-electron chi connectivity index (χ2n) is 6.59. The Morgan fingerprint density at radius 1 is 1.26 bits per heavy atom. The van der Waals surface area contributed by atoms with Crippen LogP contribution < -0.4 is 10.6 Å². The third kappa shape index (κ3) is 7.04. The summed E-state index contributed by atoms with van der Waals surface area (Å²) in [5.41, 5.74) is 4.12. The molecule has 0 radical (unpaired) electrons. The lowest BCUT2D eigenvalue weighted by atomic mass is 10.0. The zero-order valence-corrected chi connectivity index (χ0v) is 19.3. The molecule has 1 aromatic heterocycles. The summed E-state index contributed by atoms with van der Waals surface area (Å²) in [5.74, 6) is 0.900. The highest BCUT2D eigenvalue weighted by atomic mass is 127. The number of halogens is 1. The zero-order chi connectivity index (χ0) is 18.2. The summed E-state index contributed by atoms with van der Waals surface area (Å²) >= 11 is 1.71. The number of nitrogens with one attached hydrogen (secondary N) is 2. The molecule has 0 unspecified atom stereocenters. The van der Waals surface area contributed by atoms with Crippen molar-refractivity contribution in [2.24, 2.45) is 4.99 Å². The second-order valence-corrected chi connectivity index (χ2v) is 7.65. The highest BCUT2D eigenvalue weighted by Gasteiger charge is 2.14. The van der Waals surface area contributed by atoms with Crippen LogP contribution in [0.3, 0.4) is 0 Å². The predicted molar refractivity (Wildman–Crippen MR) is 125 cm³/mol. The molecule has 0 amide bonds. The predicted octanol–water partition coefficient (Wildman–Crippen LogP) is 3.23. The smallest absolute Gasteiger partial charge is 0.191 e. The summed E-state index contributed by atoms with van der Waals surface area (Å²) in [6.07, 6.45) is 2.07. The van der Waals surface area contributed by atoms with Gasteiger partial charge in [0.15, 0.2) is 5.96 Å². The Morgan fingerprint density at radius 2 is 2.07 bits per heavy atom. The van der Waals surface area contributed by atoms with Crippen molar-refractivity contribution in [2.75, 3.05) is 32.7 Å². The molecule has 2 N–H and O–H groups in total. The number of guanidine groups is 1. The van der Waals surface area contributed by atoms with E-state index in [1.165, 1.54) is 11.1 Å². The van der Waals surface area contributed by atoms with Gasteiger partial charge in [-0.15, -0.1) is 35.3 Å². The summed E-state index contributed by atoms with van der Waals surface area (Å²) in [5, 5.41) is 10.0. The van der Waals surface area contributed by atoms with Crippen LogP contribution in [0, 0.1) is 6.92 Å². The molecule has 27 heavy (non-hydrogen) atoms. The van der Waals surface area contributed by atoms with Crippen molar-refractivity contribution in [1.29, 1.82) is 0 Å². The summed E-state index contributed by atoms with van der Waals surface area (Å²) in [7, 11) is 0. The fraction of sp³-hybridized carbons (Fsp3) is 0.500. The SMILES string of the molecule is CCNC(=NCCN1CCc2ccccc2C1)NCCc1csc(C)n1.I. The van der Waals surface area contributed by atoms with Crippen LogP contribution in [-0.4, -0.2) is 48.6 Å². The van der Waals surface area contributed by atoms with Gasteiger partial charge in [0.2, 0.25) is 0 Å². The maximum atomic E-state index is 4.73. The van der Waals surface area contributed by atoms with Crippen molar-refractivity contribution in [3.05, 3.63) is 51.5 Å². The molecule has 2 aromatic rings. The average molecular weight is 499 g/mol. The van der Waals surface area contributed by atoms with Crippen LogP contribution >= 0.6 is 35.3 Å². The van der Waals surface area contributed by atoms with Crippen LogP contribution in [0.2, 0.25) is 0 Å². The van der Waals surface area contributed by atoms with E-state index in [1.807, 2.05) is 6.92 Å². The number of aryl methyl sites for hydroxylation is 1. The number of benzene rings is 1. The number of hydrogen-bond donors (Lipinski definition) is 2. The van der Waals surface area contributed by atoms with Gasteiger partial charge in [-0.3, -0.25) is 9.89 Å². The van der Waals surface area contributed by atoms with Crippen molar-refractivity contribution in [1.82, 2.24) is 20.5 Å². The summed E-state index contributed by atoms with van der Waals surface area (Å²) in [6, 6.07) is 8.77. The van der Waals surface area contributed by atoms with Crippen LogP contribution in [0.15, 0.2) is 34.6 Å². The molecule has 2 heterocycles. The van der Waals surface area contributed by atoms with Gasteiger partial charge >= 0.3 is 0 Å². The van der Waals surface area contributed by atoms with Crippen LogP contribution in [0.25, 0.3) is 0 Å². The zero-order valence-electron chi connectivity index (χ0n) is 16.2. The first kappa shape index (κ1) is 22.1. The molecule has 5 nitrogen and oxygen atoms in total. The molecular weight excluding hydrogens is 469 g/mol. The van der Waals surface area contributed by atoms with Gasteiger partial charge in [-0.1, -0.05) is 24.3 Å². The van der Waals surface area contributed by atoms with E-state index in [4.69, 9.17) is 4.99 Å². The van der Waals surface area contributed by atoms with Crippen LogP contribution in [0.5, 0.6) is 0 Å². The maximum Gasteiger partial charge on any atom is 0.191 e. The largest absolute Gasteiger partial charge is 0.357 e. The molecule has 0 saturated heterocycles. The number of nitrogens with zero attached hydrogens (tertiary/aromatic N) is 3. The molecule has 7 heteroatoms. The lowest BCUT2D eigenvalue weighted by Gasteiger charge is -2.28. The highest BCUT2D eigenvalue weighted by Crippen LogP contribution is 2.17. The van der Waals surface area contributed by atoms with Crippen molar-refractivity contribution in [2.45, 2.75) is 33.2 Å². The van der Waals surface area contributed by atoms with E-state index in [9.17, 15) is 0 Å². The molecule has 148 valence electrons. The van der Waals surface area contributed by atoms with Crippen LogP contribution in [0.1, 0.15) is 28.8 Å². The minimum Gasteiger partial charge on any atom is -0.357 e. The minimum absolute atomic E-state index is 0. The fourth-order valence-corrected chi connectivity index (χ4v) is 3.87. The molecule has 0 saturated carbocycles. The first-order valence-corrected chi connectivity index (χ1v) is 10.3. The van der Waals surface area contributed by atoms with Gasteiger partial charge in [-0.2, -0.15) is 0 Å². The number of aromatic nitrogens is 1. The van der Waals surface area contributed by atoms with Crippen LogP contribution in [0.4, 0.5) is 0 Å². The van der Waals surface area contributed by atoms with E-state index in [0.29, 0.717) is 0 Å². The first-order chi connectivity index (χ1) is 12.7. The Balaban J connectivity index is 0.00000261. The van der Waals surface area contributed by atoms with Gasteiger partial charge in [0.1, 0.15) is 0 Å². The number of rotatable bonds is 7. The molecular formula is C20H30IN5S. The van der Waals surface area contributed by atoms with E-state index >= 15 is 0 Å². The Kier molecular flexibility index (Phi) is 9.50. The van der Waals surface area contributed by atoms with Crippen molar-refractivity contribution in [3.63, 3.8) is 0 Å². The highest BCUT2D eigenvalue weighted by molar-refractivity contribution is 14.0. The number of thiazole rings is 1. The van der Waals surface area contributed by atoms with Crippen molar-refractivity contribution in [3.8, 4) is 0 Å². The standard InChI is InChI=1S/C20H29N5S.HI/c1-3-21-20(22-10-8-19-15-26-16(2)24-19)23-11-13-25-12-9-17-6-4-5-7-18(17)14-25;/h4-7,15H,3,8-14H2,1-2H3,(H2,21,22,23);1H. The summed E-state index contributed by atoms with van der Waals surface area (Å²) < 4.78 is 0. The van der Waals surface area contributed by atoms with Gasteiger partial charge in [0, 0.05) is 44.5 Å². The van der Waals surface area contributed by atoms with E-state index in [1.54, 1.807) is 11.3 Å². The van der Waals surface area contributed by atoms with E-state index in [-0.39, 0.29) is 24.0 Å². The van der Waals surface area contributed by atoms with Crippen molar-refractivity contribution < 1.29 is 0 Å². The van der Waals surface area contributed by atoms with Gasteiger partial charge in [-0.25, -0.2) is 4.98 Å². The molecule has 0 aliphatic carbocycles. The molecule has 1 aliphatic rings. The van der Waals surface area contributed by atoms with Crippen molar-refractivity contribution >= 4 is 41.3 Å². The number of aliphatic imine (C=N–C) groups is 1. The van der Waals surface area contributed by atoms with Gasteiger partial charge in [0.05, 0.1) is 17.2 Å². The molecule has 1 aromatic carbocycles. The third-order valence-corrected chi connectivity index (χ3v) is 5.40. The molecule has 0 spiro atoms. The Morgan fingerprint density at radius 3 is 2.81 bits per heavy atom. The topological polar surface area (TPSA) is 52.6 Å². The number of hydrogen-bond acceptors (Lipinski definition) is 4. The lowest BCUT2D eigenvalue weighted by molar-refractivity contribution is 0.261. The quantitative estimate of drug-likeness (QED) is 0.349. The Hall–Kier alpha value is -1.19. The molecule has 0 bridgehead atoms. The summed E-state index contributed by atoms with van der Waals surface area (Å²) in [6.45, 7) is 9.85. The monoisotopic (exact) mass is 499 g/mol. The molecule has 0 fully saturated rings. The normalized spacial score (nSPS) is 14.4. The Bertz CT molecular complexity index is 731. The molecule has 1 aliphatic heterocycles. The third-order valence-electron chi connectivity index (χ3n) is 4.58. The summed E-state index contributed by atoms with van der Waals surface area (Å²) in [4.78, 5) is 11.7. The second kappa shape index (κ2) is 11.6. The Labute approximate surface area is 183 Å². The average Bonchev–Trinajstić information content (AvgIpc) is 3.07. The molecule has 3 rings (SSSR count). The van der Waals surface area contributed by atoms with E-state index < -0.39 is 0 Å². The van der Waals surface area contributed by atoms with Gasteiger partial charge in [-0.05, 0) is 31.4 Å². The van der Waals surface area contributed by atoms with E-state index in [2.05, 4.69) is 57.1 Å². The fourth-order valence-electron chi connectivity index (χ4n) is 3.22. The van der Waals surface area contributed by atoms with Gasteiger partial charge in [0.25, 0.3) is 0 Å². The minimum atomic E-state index is 0. The maximum absolute atomic E-state index is 4.73. The first-order valence-electron chi connectivity index (χ1n) is 9.47. The molecule has 0 atom stereocenters. The number of fused-ring (bicyclic) bond motifs is 1.